The maximum atomic E-state index is 3.69. The molecule has 1 heterocycles. The number of thiophene rings is 1. The molecule has 1 N–H and O–H groups in total. The molecule has 108 valence electrons. The van der Waals surface area contributed by atoms with E-state index in [0.717, 1.165) is 6.42 Å². The van der Waals surface area contributed by atoms with Crippen molar-refractivity contribution in [2.45, 2.75) is 44.2 Å². The molecule has 1 aromatic carbocycles. The van der Waals surface area contributed by atoms with Crippen LogP contribution >= 0.6 is 23.1 Å². The van der Waals surface area contributed by atoms with Gasteiger partial charge in [0.25, 0.3) is 0 Å². The van der Waals surface area contributed by atoms with Gasteiger partial charge in [0.2, 0.25) is 0 Å². The third-order valence-corrected chi connectivity index (χ3v) is 5.73. The molecule has 0 radical (unpaired) electrons. The van der Waals surface area contributed by atoms with Gasteiger partial charge in [0, 0.05) is 26.7 Å². The Morgan fingerprint density at radius 1 is 1.05 bits per heavy atom. The van der Waals surface area contributed by atoms with Gasteiger partial charge in [-0.1, -0.05) is 19.1 Å². The first-order valence-corrected chi connectivity index (χ1v) is 9.16. The lowest BCUT2D eigenvalue weighted by Crippen LogP contribution is -2.21. The van der Waals surface area contributed by atoms with Crippen molar-refractivity contribution in [3.63, 3.8) is 0 Å². The number of thioether (sulfide) groups is 1. The van der Waals surface area contributed by atoms with Crippen LogP contribution in [0.2, 0.25) is 0 Å². The summed E-state index contributed by atoms with van der Waals surface area (Å²) in [5.41, 5.74) is 1.35. The number of rotatable bonds is 6. The van der Waals surface area contributed by atoms with E-state index in [4.69, 9.17) is 0 Å². The second-order valence-electron chi connectivity index (χ2n) is 5.04. The molecule has 0 bridgehead atoms. The first-order valence-electron chi connectivity index (χ1n) is 7.12. The lowest BCUT2D eigenvalue weighted by atomic mass is 10.1. The Labute approximate surface area is 130 Å². The highest BCUT2D eigenvalue weighted by atomic mass is 32.2. The number of benzene rings is 1. The normalized spacial score (nSPS) is 14.2. The molecule has 0 saturated carbocycles. The van der Waals surface area contributed by atoms with Gasteiger partial charge >= 0.3 is 0 Å². The van der Waals surface area contributed by atoms with Crippen LogP contribution in [-0.2, 0) is 6.42 Å². The molecule has 1 nitrogen and oxygen atoms in total. The Kier molecular flexibility index (Phi) is 5.70. The zero-order chi connectivity index (χ0) is 14.5. The van der Waals surface area contributed by atoms with Crippen molar-refractivity contribution in [2.75, 3.05) is 6.26 Å². The molecule has 20 heavy (non-hydrogen) atoms. The molecule has 0 fully saturated rings. The Morgan fingerprint density at radius 3 is 2.30 bits per heavy atom. The van der Waals surface area contributed by atoms with Gasteiger partial charge < -0.3 is 5.32 Å². The Morgan fingerprint density at radius 2 is 1.75 bits per heavy atom. The first kappa shape index (κ1) is 15.6. The van der Waals surface area contributed by atoms with Crippen LogP contribution in [0, 0.1) is 0 Å². The van der Waals surface area contributed by atoms with E-state index >= 15 is 0 Å². The maximum absolute atomic E-state index is 3.69. The van der Waals surface area contributed by atoms with E-state index in [9.17, 15) is 0 Å². The topological polar surface area (TPSA) is 12.0 Å². The maximum Gasteiger partial charge on any atom is 0.0391 e. The second kappa shape index (κ2) is 7.30. The molecule has 2 unspecified atom stereocenters. The summed E-state index contributed by atoms with van der Waals surface area (Å²) in [7, 11) is 0. The van der Waals surface area contributed by atoms with Crippen LogP contribution in [0.3, 0.4) is 0 Å². The summed E-state index contributed by atoms with van der Waals surface area (Å²) < 4.78 is 0. The highest BCUT2D eigenvalue weighted by Gasteiger charge is 2.12. The lowest BCUT2D eigenvalue weighted by molar-refractivity contribution is 0.500. The summed E-state index contributed by atoms with van der Waals surface area (Å²) in [5.74, 6) is 0. The predicted octanol–water partition coefficient (Wildman–Crippen LogP) is 5.44. The first-order chi connectivity index (χ1) is 9.63. The Hall–Kier alpha value is -0.770. The smallest absolute Gasteiger partial charge is 0.0391 e. The van der Waals surface area contributed by atoms with Crippen LogP contribution in [0.25, 0.3) is 0 Å². The summed E-state index contributed by atoms with van der Waals surface area (Å²) in [6.45, 7) is 6.70. The average molecular weight is 306 g/mol. The lowest BCUT2D eigenvalue weighted by Gasteiger charge is -2.19. The van der Waals surface area contributed by atoms with Gasteiger partial charge in [-0.15, -0.1) is 23.1 Å². The number of aryl methyl sites for hydroxylation is 1. The molecular weight excluding hydrogens is 282 g/mol. The minimum absolute atomic E-state index is 0.369. The van der Waals surface area contributed by atoms with E-state index in [1.54, 1.807) is 11.8 Å². The molecule has 3 heteroatoms. The third-order valence-electron chi connectivity index (χ3n) is 3.57. The van der Waals surface area contributed by atoms with E-state index in [1.807, 2.05) is 11.3 Å². The van der Waals surface area contributed by atoms with Gasteiger partial charge in [-0.3, -0.25) is 0 Å². The molecular formula is C17H23NS2. The van der Waals surface area contributed by atoms with Crippen molar-refractivity contribution < 1.29 is 0 Å². The van der Waals surface area contributed by atoms with Crippen LogP contribution < -0.4 is 5.32 Å². The summed E-state index contributed by atoms with van der Waals surface area (Å²) in [6.07, 6.45) is 3.24. The van der Waals surface area contributed by atoms with Crippen molar-refractivity contribution in [2.24, 2.45) is 0 Å². The molecule has 0 saturated heterocycles. The molecule has 0 aliphatic heterocycles. The van der Waals surface area contributed by atoms with Crippen molar-refractivity contribution >= 4 is 23.1 Å². The van der Waals surface area contributed by atoms with Gasteiger partial charge in [0.05, 0.1) is 0 Å². The second-order valence-corrected chi connectivity index (χ2v) is 7.12. The molecule has 1 aromatic heterocycles. The van der Waals surface area contributed by atoms with Crippen LogP contribution in [0.15, 0.2) is 41.3 Å². The van der Waals surface area contributed by atoms with Gasteiger partial charge in [0.15, 0.2) is 0 Å². The highest BCUT2D eigenvalue weighted by molar-refractivity contribution is 7.98. The fourth-order valence-corrected chi connectivity index (χ4v) is 3.64. The van der Waals surface area contributed by atoms with E-state index in [-0.39, 0.29) is 0 Å². The van der Waals surface area contributed by atoms with Gasteiger partial charge in [-0.2, -0.15) is 0 Å². The van der Waals surface area contributed by atoms with E-state index < -0.39 is 0 Å². The summed E-state index contributed by atoms with van der Waals surface area (Å²) >= 11 is 3.70. The molecule has 0 spiro atoms. The van der Waals surface area contributed by atoms with Crippen molar-refractivity contribution in [1.82, 2.24) is 5.32 Å². The molecule has 0 aliphatic carbocycles. The molecule has 2 rings (SSSR count). The van der Waals surface area contributed by atoms with E-state index in [1.165, 1.54) is 20.2 Å². The fourth-order valence-electron chi connectivity index (χ4n) is 2.26. The quantitative estimate of drug-likeness (QED) is 0.713. The standard InChI is InChI=1S/C17H23NS2/c1-5-15-10-11-17(20-15)13(3)18-12(2)14-6-8-16(19-4)9-7-14/h6-13,18H,5H2,1-4H3. The van der Waals surface area contributed by atoms with Crippen molar-refractivity contribution in [3.05, 3.63) is 51.7 Å². The van der Waals surface area contributed by atoms with Crippen molar-refractivity contribution in [1.29, 1.82) is 0 Å². The predicted molar refractivity (Wildman–Crippen MR) is 91.9 cm³/mol. The van der Waals surface area contributed by atoms with Crippen LogP contribution in [0.4, 0.5) is 0 Å². The zero-order valence-corrected chi connectivity index (χ0v) is 14.3. The molecule has 0 amide bonds. The van der Waals surface area contributed by atoms with Crippen molar-refractivity contribution in [3.8, 4) is 0 Å². The summed E-state index contributed by atoms with van der Waals surface area (Å²) in [6, 6.07) is 14.1. The number of hydrogen-bond donors (Lipinski definition) is 1. The van der Waals surface area contributed by atoms with Gasteiger partial charge in [-0.05, 0) is 56.4 Å². The van der Waals surface area contributed by atoms with Gasteiger partial charge in [0.1, 0.15) is 0 Å². The minimum atomic E-state index is 0.369. The Balaban J connectivity index is 2.00. The average Bonchev–Trinajstić information content (AvgIpc) is 2.96. The Bertz CT molecular complexity index is 530. The van der Waals surface area contributed by atoms with Crippen LogP contribution in [0.5, 0.6) is 0 Å². The summed E-state index contributed by atoms with van der Waals surface area (Å²) in [5, 5.41) is 3.69. The SMILES string of the molecule is CCc1ccc(C(C)NC(C)c2ccc(SC)cc2)s1. The third kappa shape index (κ3) is 3.87. The van der Waals surface area contributed by atoms with Crippen LogP contribution in [0.1, 0.15) is 48.2 Å². The van der Waals surface area contributed by atoms with Gasteiger partial charge in [-0.25, -0.2) is 0 Å². The highest BCUT2D eigenvalue weighted by Crippen LogP contribution is 2.26. The molecule has 2 aromatic rings. The monoisotopic (exact) mass is 305 g/mol. The summed E-state index contributed by atoms with van der Waals surface area (Å²) in [4.78, 5) is 4.21. The van der Waals surface area contributed by atoms with Crippen LogP contribution in [-0.4, -0.2) is 6.26 Å². The molecule has 0 aliphatic rings. The molecule has 2 atom stereocenters. The zero-order valence-electron chi connectivity index (χ0n) is 12.6. The number of nitrogens with one attached hydrogen (secondary N) is 1. The largest absolute Gasteiger partial charge is 0.303 e. The number of hydrogen-bond acceptors (Lipinski definition) is 3. The van der Waals surface area contributed by atoms with E-state index in [0.29, 0.717) is 12.1 Å². The fraction of sp³-hybridized carbons (Fsp3) is 0.412. The minimum Gasteiger partial charge on any atom is -0.303 e. The van der Waals surface area contributed by atoms with E-state index in [2.05, 4.69) is 68.7 Å².